The number of rotatable bonds is 2. The lowest BCUT2D eigenvalue weighted by Gasteiger charge is -2.28. The quantitative estimate of drug-likeness (QED) is 0.667. The molecule has 108 valence electrons. The maximum atomic E-state index is 12.2. The molecule has 0 aromatic carbocycles. The molecule has 0 radical (unpaired) electrons. The maximum absolute atomic E-state index is 12.2. The summed E-state index contributed by atoms with van der Waals surface area (Å²) in [6.07, 6.45) is 0.689. The standard InChI is InChI=1S/C14H18N2O4/c1-3-15-11(17)7-5-9-10(6-8(7)12(15)18)14(20)16(4-2)13(9)19/h7-10H,3-6H2,1-2H3. The fourth-order valence-corrected chi connectivity index (χ4v) is 3.94. The monoisotopic (exact) mass is 278 g/mol. The molecule has 3 rings (SSSR count). The second-order valence-electron chi connectivity index (χ2n) is 5.74. The molecule has 4 unspecified atom stereocenters. The average Bonchev–Trinajstić information content (AvgIpc) is 2.82. The van der Waals surface area contributed by atoms with Gasteiger partial charge >= 0.3 is 0 Å². The van der Waals surface area contributed by atoms with Crippen LogP contribution in [-0.2, 0) is 19.2 Å². The first-order chi connectivity index (χ1) is 9.51. The van der Waals surface area contributed by atoms with E-state index in [1.807, 2.05) is 0 Å². The number of amides is 4. The lowest BCUT2D eigenvalue weighted by atomic mass is 9.70. The molecule has 2 aliphatic heterocycles. The summed E-state index contributed by atoms with van der Waals surface area (Å²) >= 11 is 0. The van der Waals surface area contributed by atoms with Crippen LogP contribution in [0.2, 0.25) is 0 Å². The largest absolute Gasteiger partial charge is 0.282 e. The number of hydrogen-bond acceptors (Lipinski definition) is 4. The van der Waals surface area contributed by atoms with Gasteiger partial charge in [0.05, 0.1) is 23.7 Å². The van der Waals surface area contributed by atoms with Crippen molar-refractivity contribution >= 4 is 23.6 Å². The molecule has 4 amide bonds. The molecule has 3 fully saturated rings. The molecule has 0 aromatic rings. The summed E-state index contributed by atoms with van der Waals surface area (Å²) < 4.78 is 0. The predicted molar refractivity (Wildman–Crippen MR) is 68.0 cm³/mol. The van der Waals surface area contributed by atoms with Crippen LogP contribution in [0.25, 0.3) is 0 Å². The molecule has 0 bridgehead atoms. The Hall–Kier alpha value is -1.72. The van der Waals surface area contributed by atoms with Crippen LogP contribution in [0.4, 0.5) is 0 Å². The van der Waals surface area contributed by atoms with E-state index in [-0.39, 0.29) is 23.6 Å². The summed E-state index contributed by atoms with van der Waals surface area (Å²) in [5, 5.41) is 0. The Balaban J connectivity index is 1.90. The van der Waals surface area contributed by atoms with Crippen molar-refractivity contribution < 1.29 is 19.2 Å². The number of carbonyl (C=O) groups is 4. The van der Waals surface area contributed by atoms with Crippen molar-refractivity contribution in [2.24, 2.45) is 23.7 Å². The van der Waals surface area contributed by atoms with Gasteiger partial charge in [0.15, 0.2) is 0 Å². The van der Waals surface area contributed by atoms with Gasteiger partial charge in [-0.2, -0.15) is 0 Å². The Morgan fingerprint density at radius 1 is 0.700 bits per heavy atom. The fraction of sp³-hybridized carbons (Fsp3) is 0.714. The van der Waals surface area contributed by atoms with Crippen LogP contribution in [0.5, 0.6) is 0 Å². The number of imide groups is 2. The van der Waals surface area contributed by atoms with Crippen molar-refractivity contribution in [2.75, 3.05) is 13.1 Å². The van der Waals surface area contributed by atoms with Crippen molar-refractivity contribution in [2.45, 2.75) is 26.7 Å². The summed E-state index contributed by atoms with van der Waals surface area (Å²) in [5.41, 5.74) is 0. The van der Waals surface area contributed by atoms with Gasteiger partial charge in [-0.1, -0.05) is 0 Å². The van der Waals surface area contributed by atoms with Crippen LogP contribution in [0, 0.1) is 23.7 Å². The van der Waals surface area contributed by atoms with E-state index in [1.54, 1.807) is 13.8 Å². The van der Waals surface area contributed by atoms with E-state index in [0.717, 1.165) is 0 Å². The van der Waals surface area contributed by atoms with Crippen LogP contribution in [-0.4, -0.2) is 46.5 Å². The van der Waals surface area contributed by atoms with Crippen LogP contribution < -0.4 is 0 Å². The minimum atomic E-state index is -0.405. The Kier molecular flexibility index (Phi) is 2.92. The van der Waals surface area contributed by atoms with Crippen molar-refractivity contribution in [3.63, 3.8) is 0 Å². The van der Waals surface area contributed by atoms with Crippen LogP contribution >= 0.6 is 0 Å². The smallest absolute Gasteiger partial charge is 0.233 e. The van der Waals surface area contributed by atoms with Gasteiger partial charge in [0, 0.05) is 13.1 Å². The first-order valence-electron chi connectivity index (χ1n) is 7.21. The predicted octanol–water partition coefficient (Wildman–Crippen LogP) is 0.0224. The van der Waals surface area contributed by atoms with Crippen LogP contribution in [0.3, 0.4) is 0 Å². The lowest BCUT2D eigenvalue weighted by molar-refractivity contribution is -0.139. The van der Waals surface area contributed by atoms with E-state index in [2.05, 4.69) is 0 Å². The minimum absolute atomic E-state index is 0.170. The minimum Gasteiger partial charge on any atom is -0.282 e. The van der Waals surface area contributed by atoms with Gasteiger partial charge in [-0.05, 0) is 26.7 Å². The van der Waals surface area contributed by atoms with Crippen molar-refractivity contribution in [1.29, 1.82) is 0 Å². The average molecular weight is 278 g/mol. The third-order valence-electron chi connectivity index (χ3n) is 4.95. The van der Waals surface area contributed by atoms with E-state index < -0.39 is 23.7 Å². The van der Waals surface area contributed by atoms with Crippen molar-refractivity contribution in [1.82, 2.24) is 9.80 Å². The third kappa shape index (κ3) is 1.50. The van der Waals surface area contributed by atoms with E-state index in [1.165, 1.54) is 9.80 Å². The molecule has 2 saturated heterocycles. The van der Waals surface area contributed by atoms with E-state index in [9.17, 15) is 19.2 Å². The zero-order valence-electron chi connectivity index (χ0n) is 11.7. The zero-order chi connectivity index (χ0) is 14.6. The summed E-state index contributed by atoms with van der Waals surface area (Å²) in [7, 11) is 0. The summed E-state index contributed by atoms with van der Waals surface area (Å²) in [6.45, 7) is 4.26. The molecular weight excluding hydrogens is 260 g/mol. The highest BCUT2D eigenvalue weighted by atomic mass is 16.2. The normalized spacial score (nSPS) is 36.7. The molecule has 6 heteroatoms. The zero-order valence-corrected chi connectivity index (χ0v) is 11.7. The summed E-state index contributed by atoms with van der Waals surface area (Å²) in [6, 6.07) is 0. The van der Waals surface area contributed by atoms with E-state index in [4.69, 9.17) is 0 Å². The van der Waals surface area contributed by atoms with Crippen molar-refractivity contribution in [3.05, 3.63) is 0 Å². The lowest BCUT2D eigenvalue weighted by Crippen LogP contribution is -2.35. The summed E-state index contributed by atoms with van der Waals surface area (Å²) in [4.78, 5) is 51.4. The summed E-state index contributed by atoms with van der Waals surface area (Å²) in [5.74, 6) is -2.30. The Morgan fingerprint density at radius 3 is 1.15 bits per heavy atom. The number of carbonyl (C=O) groups excluding carboxylic acids is 4. The molecule has 3 aliphatic rings. The second kappa shape index (κ2) is 4.40. The van der Waals surface area contributed by atoms with Crippen LogP contribution in [0.1, 0.15) is 26.7 Å². The van der Waals surface area contributed by atoms with Gasteiger partial charge in [0.1, 0.15) is 0 Å². The van der Waals surface area contributed by atoms with Gasteiger partial charge in [-0.3, -0.25) is 29.0 Å². The number of likely N-dealkylation sites (tertiary alicyclic amines) is 2. The highest BCUT2D eigenvalue weighted by Crippen LogP contribution is 2.47. The van der Waals surface area contributed by atoms with Gasteiger partial charge in [-0.15, -0.1) is 0 Å². The first-order valence-corrected chi connectivity index (χ1v) is 7.21. The molecule has 0 aromatic heterocycles. The van der Waals surface area contributed by atoms with E-state index in [0.29, 0.717) is 25.9 Å². The maximum Gasteiger partial charge on any atom is 0.233 e. The molecule has 20 heavy (non-hydrogen) atoms. The topological polar surface area (TPSA) is 74.8 Å². The van der Waals surface area contributed by atoms with Gasteiger partial charge in [0.2, 0.25) is 23.6 Å². The second-order valence-corrected chi connectivity index (χ2v) is 5.74. The fourth-order valence-electron chi connectivity index (χ4n) is 3.94. The van der Waals surface area contributed by atoms with Gasteiger partial charge in [-0.25, -0.2) is 0 Å². The SMILES string of the molecule is CCN1C(=O)C2CC3C(=O)N(CC)C(=O)C3CC2C1=O. The number of hydrogen-bond donors (Lipinski definition) is 0. The molecule has 0 N–H and O–H groups in total. The van der Waals surface area contributed by atoms with Crippen molar-refractivity contribution in [3.8, 4) is 0 Å². The van der Waals surface area contributed by atoms with Gasteiger partial charge < -0.3 is 0 Å². The molecule has 1 saturated carbocycles. The Labute approximate surface area is 117 Å². The molecule has 6 nitrogen and oxygen atoms in total. The number of nitrogens with zero attached hydrogens (tertiary/aromatic N) is 2. The molecule has 1 aliphatic carbocycles. The van der Waals surface area contributed by atoms with E-state index >= 15 is 0 Å². The molecule has 2 heterocycles. The highest BCUT2D eigenvalue weighted by Gasteiger charge is 2.58. The van der Waals surface area contributed by atoms with Gasteiger partial charge in [0.25, 0.3) is 0 Å². The highest BCUT2D eigenvalue weighted by molar-refractivity contribution is 6.09. The third-order valence-corrected chi connectivity index (χ3v) is 4.95. The van der Waals surface area contributed by atoms with Crippen LogP contribution in [0.15, 0.2) is 0 Å². The molecule has 4 atom stereocenters. The number of fused-ring (bicyclic) bond motifs is 2. The Morgan fingerprint density at radius 2 is 0.950 bits per heavy atom. The Bertz CT molecular complexity index is 429. The molecular formula is C14H18N2O4. The molecule has 0 spiro atoms. The first kappa shape index (κ1) is 13.3.